The monoisotopic (exact) mass is 381 g/mol. The summed E-state index contributed by atoms with van der Waals surface area (Å²) in [4.78, 5) is 36.3. The molecule has 1 aliphatic rings. The number of hydrogen-bond donors (Lipinski definition) is 1. The fourth-order valence-electron chi connectivity index (χ4n) is 4.02. The maximum Gasteiger partial charge on any atom is 0.330 e. The number of nitrogens with one attached hydrogen (secondary N) is 1. The van der Waals surface area contributed by atoms with Crippen LogP contribution in [0.2, 0.25) is 0 Å². The predicted octanol–water partition coefficient (Wildman–Crippen LogP) is 2.12. The Kier molecular flexibility index (Phi) is 5.97. The van der Waals surface area contributed by atoms with Crippen molar-refractivity contribution in [3.63, 3.8) is 0 Å². The topological polar surface area (TPSA) is 73.1 Å². The lowest BCUT2D eigenvalue weighted by Gasteiger charge is -2.38. The highest BCUT2D eigenvalue weighted by molar-refractivity contribution is 5.91. The molecule has 1 aromatic heterocycles. The van der Waals surface area contributed by atoms with Crippen molar-refractivity contribution in [1.82, 2.24) is 14.5 Å². The number of carbonyl (C=O) groups is 1. The summed E-state index contributed by atoms with van der Waals surface area (Å²) in [6, 6.07) is 10.4. The minimum atomic E-state index is -0.416. The van der Waals surface area contributed by atoms with Crippen molar-refractivity contribution in [3.8, 4) is 0 Å². The van der Waals surface area contributed by atoms with E-state index in [4.69, 9.17) is 0 Å². The molecule has 3 rings (SSSR count). The summed E-state index contributed by atoms with van der Waals surface area (Å²) in [6.45, 7) is 0.575. The number of aromatic nitrogens is 2. The minimum absolute atomic E-state index is 0.0320. The van der Waals surface area contributed by atoms with Gasteiger partial charge in [-0.3, -0.25) is 14.2 Å². The molecule has 0 bridgehead atoms. The molecule has 1 N–H and O–H groups in total. The fraction of sp³-hybridized carbons (Fsp3) is 0.409. The van der Waals surface area contributed by atoms with E-state index in [1.807, 2.05) is 18.2 Å². The summed E-state index contributed by atoms with van der Waals surface area (Å²) in [5.41, 5.74) is 0.727. The van der Waals surface area contributed by atoms with Gasteiger partial charge in [0.2, 0.25) is 5.91 Å². The molecule has 0 aliphatic heterocycles. The Hall–Kier alpha value is -2.89. The first-order valence-corrected chi connectivity index (χ1v) is 9.71. The normalized spacial score (nSPS) is 16.2. The van der Waals surface area contributed by atoms with E-state index in [1.54, 1.807) is 7.05 Å². The second kappa shape index (κ2) is 8.42. The third-order valence-electron chi connectivity index (χ3n) is 5.69. The summed E-state index contributed by atoms with van der Waals surface area (Å²) in [6.07, 6.45) is 9.95. The highest BCUT2D eigenvalue weighted by Crippen LogP contribution is 2.38. The standard InChI is InChI=1S/C22H27N3O3/c1-24-15-17(20(27)25(2)21(24)28)11-12-19(26)23-16-22(13-7-4-8-14-22)18-9-5-3-6-10-18/h3,5-6,9-12,15H,4,7-8,13-14,16H2,1-2H3,(H,23,26). The number of benzene rings is 1. The van der Waals surface area contributed by atoms with Gasteiger partial charge in [0.1, 0.15) is 0 Å². The molecule has 6 heteroatoms. The second-order valence-electron chi connectivity index (χ2n) is 7.60. The zero-order valence-corrected chi connectivity index (χ0v) is 16.5. The molecule has 1 fully saturated rings. The zero-order valence-electron chi connectivity index (χ0n) is 16.5. The minimum Gasteiger partial charge on any atom is -0.352 e. The van der Waals surface area contributed by atoms with Gasteiger partial charge in [-0.05, 0) is 24.5 Å². The van der Waals surface area contributed by atoms with Gasteiger partial charge in [-0.15, -0.1) is 0 Å². The number of carbonyl (C=O) groups excluding carboxylic acids is 1. The van der Waals surface area contributed by atoms with Crippen molar-refractivity contribution in [2.75, 3.05) is 6.54 Å². The molecule has 148 valence electrons. The predicted molar refractivity (Wildman–Crippen MR) is 110 cm³/mol. The van der Waals surface area contributed by atoms with Crippen molar-refractivity contribution >= 4 is 12.0 Å². The largest absolute Gasteiger partial charge is 0.352 e. The summed E-state index contributed by atoms with van der Waals surface area (Å²) >= 11 is 0. The van der Waals surface area contributed by atoms with Crippen LogP contribution < -0.4 is 16.6 Å². The average Bonchev–Trinajstić information content (AvgIpc) is 2.73. The van der Waals surface area contributed by atoms with E-state index in [0.717, 1.165) is 30.3 Å². The first-order chi connectivity index (χ1) is 13.4. The highest BCUT2D eigenvalue weighted by Gasteiger charge is 2.33. The molecule has 0 saturated heterocycles. The van der Waals surface area contributed by atoms with Crippen LogP contribution in [0.1, 0.15) is 43.2 Å². The molecule has 2 aromatic rings. The quantitative estimate of drug-likeness (QED) is 0.807. The van der Waals surface area contributed by atoms with Gasteiger partial charge >= 0.3 is 5.69 Å². The van der Waals surface area contributed by atoms with Crippen LogP contribution >= 0.6 is 0 Å². The van der Waals surface area contributed by atoms with Crippen LogP contribution in [-0.4, -0.2) is 21.6 Å². The SMILES string of the molecule is Cn1cc(C=CC(=O)NCC2(c3ccccc3)CCCCC2)c(=O)n(C)c1=O. The highest BCUT2D eigenvalue weighted by atomic mass is 16.2. The maximum absolute atomic E-state index is 12.4. The van der Waals surface area contributed by atoms with Gasteiger partial charge < -0.3 is 9.88 Å². The number of hydrogen-bond acceptors (Lipinski definition) is 3. The van der Waals surface area contributed by atoms with Crippen LogP contribution in [-0.2, 0) is 24.3 Å². The first-order valence-electron chi connectivity index (χ1n) is 9.71. The van der Waals surface area contributed by atoms with E-state index in [2.05, 4.69) is 17.4 Å². The Morgan fingerprint density at radius 3 is 2.46 bits per heavy atom. The van der Waals surface area contributed by atoms with Crippen molar-refractivity contribution in [3.05, 3.63) is 74.6 Å². The van der Waals surface area contributed by atoms with E-state index < -0.39 is 11.2 Å². The van der Waals surface area contributed by atoms with Gasteiger partial charge in [0, 0.05) is 38.3 Å². The Bertz CT molecular complexity index is 980. The van der Waals surface area contributed by atoms with E-state index >= 15 is 0 Å². The molecule has 1 heterocycles. The summed E-state index contributed by atoms with van der Waals surface area (Å²) in [5, 5.41) is 3.02. The third-order valence-corrected chi connectivity index (χ3v) is 5.69. The Morgan fingerprint density at radius 2 is 1.79 bits per heavy atom. The maximum atomic E-state index is 12.4. The van der Waals surface area contributed by atoms with Gasteiger partial charge in [0.05, 0.1) is 5.56 Å². The number of nitrogens with zero attached hydrogens (tertiary/aromatic N) is 2. The van der Waals surface area contributed by atoms with E-state index in [-0.39, 0.29) is 11.3 Å². The first kappa shape index (κ1) is 19.9. The smallest absolute Gasteiger partial charge is 0.330 e. The second-order valence-corrected chi connectivity index (χ2v) is 7.60. The van der Waals surface area contributed by atoms with E-state index in [9.17, 15) is 14.4 Å². The Morgan fingerprint density at radius 1 is 1.11 bits per heavy atom. The average molecular weight is 381 g/mol. The molecule has 1 saturated carbocycles. The molecule has 0 atom stereocenters. The van der Waals surface area contributed by atoms with Crippen molar-refractivity contribution < 1.29 is 4.79 Å². The van der Waals surface area contributed by atoms with Crippen molar-refractivity contribution in [2.24, 2.45) is 14.1 Å². The fourth-order valence-corrected chi connectivity index (χ4v) is 4.02. The third kappa shape index (κ3) is 4.16. The van der Waals surface area contributed by atoms with Gasteiger partial charge in [0.25, 0.3) is 5.56 Å². The van der Waals surface area contributed by atoms with Crippen molar-refractivity contribution in [1.29, 1.82) is 0 Å². The van der Waals surface area contributed by atoms with Gasteiger partial charge in [-0.25, -0.2) is 4.79 Å². The van der Waals surface area contributed by atoms with E-state index in [1.165, 1.54) is 41.9 Å². The Labute approximate surface area is 164 Å². The van der Waals surface area contributed by atoms with Crippen LogP contribution in [0.5, 0.6) is 0 Å². The molecular formula is C22H27N3O3. The van der Waals surface area contributed by atoms with Gasteiger partial charge in [0.15, 0.2) is 0 Å². The number of amides is 1. The lowest BCUT2D eigenvalue weighted by Crippen LogP contribution is -2.41. The molecule has 1 aliphatic carbocycles. The molecular weight excluding hydrogens is 354 g/mol. The van der Waals surface area contributed by atoms with Crippen LogP contribution in [0, 0.1) is 0 Å². The summed E-state index contributed by atoms with van der Waals surface area (Å²) < 4.78 is 2.36. The molecule has 0 radical (unpaired) electrons. The van der Waals surface area contributed by atoms with Gasteiger partial charge in [-0.2, -0.15) is 0 Å². The summed E-state index contributed by atoms with van der Waals surface area (Å²) in [7, 11) is 3.00. The molecule has 0 unspecified atom stereocenters. The number of aryl methyl sites for hydroxylation is 1. The van der Waals surface area contributed by atoms with Gasteiger partial charge in [-0.1, -0.05) is 49.6 Å². The molecule has 28 heavy (non-hydrogen) atoms. The zero-order chi connectivity index (χ0) is 20.1. The number of rotatable bonds is 5. The van der Waals surface area contributed by atoms with Crippen LogP contribution in [0.25, 0.3) is 6.08 Å². The van der Waals surface area contributed by atoms with Crippen LogP contribution in [0.15, 0.2) is 52.2 Å². The Balaban J connectivity index is 1.73. The van der Waals surface area contributed by atoms with Crippen molar-refractivity contribution in [2.45, 2.75) is 37.5 Å². The van der Waals surface area contributed by atoms with E-state index in [0.29, 0.717) is 12.1 Å². The van der Waals surface area contributed by atoms with Crippen LogP contribution in [0.3, 0.4) is 0 Å². The molecule has 1 aromatic carbocycles. The summed E-state index contributed by atoms with van der Waals surface area (Å²) in [5.74, 6) is -0.239. The molecule has 6 nitrogen and oxygen atoms in total. The molecule has 1 amide bonds. The lowest BCUT2D eigenvalue weighted by molar-refractivity contribution is -0.116. The molecule has 0 spiro atoms. The lowest BCUT2D eigenvalue weighted by atomic mass is 9.69. The van der Waals surface area contributed by atoms with Crippen LogP contribution in [0.4, 0.5) is 0 Å².